The molecule has 1 aromatic heterocycles. The quantitative estimate of drug-likeness (QED) is 0.456. The average molecular weight is 498 g/mol. The summed E-state index contributed by atoms with van der Waals surface area (Å²) in [5.74, 6) is 0.243. The first kappa shape index (κ1) is 22.9. The summed E-state index contributed by atoms with van der Waals surface area (Å²) < 4.78 is 16.7. The van der Waals surface area contributed by atoms with Crippen molar-refractivity contribution in [1.29, 1.82) is 5.26 Å². The van der Waals surface area contributed by atoms with Gasteiger partial charge in [0.2, 0.25) is 0 Å². The molecule has 164 valence electrons. The number of nitriles is 1. The molecule has 2 N–H and O–H groups in total. The maximum absolute atomic E-state index is 12.3. The molecule has 0 aliphatic heterocycles. The van der Waals surface area contributed by atoms with Crippen molar-refractivity contribution in [2.75, 3.05) is 18.5 Å². The number of anilines is 1. The molecule has 0 saturated heterocycles. The van der Waals surface area contributed by atoms with E-state index in [0.29, 0.717) is 33.8 Å². The van der Waals surface area contributed by atoms with Crippen molar-refractivity contribution in [2.45, 2.75) is 13.5 Å². The number of nitrogens with one attached hydrogen (secondary N) is 2. The Labute approximate surface area is 193 Å². The zero-order valence-corrected chi connectivity index (χ0v) is 18.8. The molecule has 3 aromatic rings. The van der Waals surface area contributed by atoms with Crippen LogP contribution in [0, 0.1) is 11.3 Å². The average Bonchev–Trinajstić information content (AvgIpc) is 3.32. The van der Waals surface area contributed by atoms with Gasteiger partial charge in [-0.25, -0.2) is 0 Å². The first-order valence-electron chi connectivity index (χ1n) is 9.70. The maximum atomic E-state index is 12.3. The highest BCUT2D eigenvalue weighted by Crippen LogP contribution is 2.36. The lowest BCUT2D eigenvalue weighted by atomic mass is 10.2. The Morgan fingerprint density at radius 2 is 2.00 bits per heavy atom. The number of amides is 2. The van der Waals surface area contributed by atoms with Crippen LogP contribution in [0.4, 0.5) is 5.69 Å². The largest absolute Gasteiger partial charge is 0.490 e. The van der Waals surface area contributed by atoms with Crippen LogP contribution in [-0.4, -0.2) is 25.0 Å². The van der Waals surface area contributed by atoms with E-state index >= 15 is 0 Å². The molecule has 0 bridgehead atoms. The number of carbonyl (C=O) groups is 2. The van der Waals surface area contributed by atoms with Crippen molar-refractivity contribution >= 4 is 33.4 Å². The second-order valence-electron chi connectivity index (χ2n) is 6.53. The van der Waals surface area contributed by atoms with Crippen LogP contribution in [0.25, 0.3) is 0 Å². The van der Waals surface area contributed by atoms with Gasteiger partial charge >= 0.3 is 0 Å². The molecular weight excluding hydrogens is 478 g/mol. The second-order valence-corrected chi connectivity index (χ2v) is 7.38. The number of halogens is 1. The van der Waals surface area contributed by atoms with Gasteiger partial charge in [0.05, 0.1) is 29.0 Å². The summed E-state index contributed by atoms with van der Waals surface area (Å²) in [5, 5.41) is 14.6. The molecule has 32 heavy (non-hydrogen) atoms. The van der Waals surface area contributed by atoms with E-state index in [2.05, 4.69) is 26.6 Å². The van der Waals surface area contributed by atoms with E-state index in [1.165, 1.54) is 6.26 Å². The van der Waals surface area contributed by atoms with Gasteiger partial charge in [0.1, 0.15) is 0 Å². The normalized spacial score (nSPS) is 10.2. The van der Waals surface area contributed by atoms with Gasteiger partial charge in [-0.3, -0.25) is 9.59 Å². The zero-order chi connectivity index (χ0) is 22.9. The van der Waals surface area contributed by atoms with Crippen LogP contribution >= 0.6 is 15.9 Å². The van der Waals surface area contributed by atoms with Gasteiger partial charge in [-0.05, 0) is 58.7 Å². The van der Waals surface area contributed by atoms with Crippen molar-refractivity contribution in [3.8, 4) is 17.6 Å². The first-order valence-corrected chi connectivity index (χ1v) is 10.5. The SMILES string of the molecule is CCOc1cc(C#N)cc(Br)c1OCC(=O)NCc1cccc(NC(=O)c2ccco2)c1. The van der Waals surface area contributed by atoms with Gasteiger partial charge < -0.3 is 24.5 Å². The van der Waals surface area contributed by atoms with Crippen LogP contribution in [0.15, 0.2) is 63.7 Å². The minimum Gasteiger partial charge on any atom is -0.490 e. The van der Waals surface area contributed by atoms with Crippen molar-refractivity contribution < 1.29 is 23.5 Å². The summed E-state index contributed by atoms with van der Waals surface area (Å²) in [4.78, 5) is 24.4. The third kappa shape index (κ3) is 6.12. The molecule has 0 aliphatic carbocycles. The topological polar surface area (TPSA) is 114 Å². The van der Waals surface area contributed by atoms with Crippen molar-refractivity contribution in [3.05, 3.63) is 76.2 Å². The molecule has 2 aromatic carbocycles. The fraction of sp³-hybridized carbons (Fsp3) is 0.174. The van der Waals surface area contributed by atoms with E-state index in [9.17, 15) is 9.59 Å². The lowest BCUT2D eigenvalue weighted by molar-refractivity contribution is -0.123. The minimum absolute atomic E-state index is 0.209. The van der Waals surface area contributed by atoms with E-state index in [1.807, 2.05) is 19.1 Å². The third-order valence-electron chi connectivity index (χ3n) is 4.21. The Balaban J connectivity index is 1.56. The van der Waals surface area contributed by atoms with Crippen molar-refractivity contribution in [1.82, 2.24) is 5.32 Å². The lowest BCUT2D eigenvalue weighted by Crippen LogP contribution is -2.28. The number of hydrogen-bond acceptors (Lipinski definition) is 6. The van der Waals surface area contributed by atoms with Crippen LogP contribution in [0.1, 0.15) is 28.6 Å². The van der Waals surface area contributed by atoms with Gasteiger partial charge in [0.25, 0.3) is 11.8 Å². The number of furan rings is 1. The van der Waals surface area contributed by atoms with E-state index in [1.54, 1.807) is 42.5 Å². The zero-order valence-electron chi connectivity index (χ0n) is 17.2. The van der Waals surface area contributed by atoms with E-state index in [0.717, 1.165) is 5.56 Å². The van der Waals surface area contributed by atoms with Crippen molar-refractivity contribution in [2.24, 2.45) is 0 Å². The highest BCUT2D eigenvalue weighted by molar-refractivity contribution is 9.10. The molecule has 3 rings (SSSR count). The predicted molar refractivity (Wildman–Crippen MR) is 120 cm³/mol. The molecule has 0 atom stereocenters. The predicted octanol–water partition coefficient (Wildman–Crippen LogP) is 4.26. The Hall–Kier alpha value is -3.77. The number of carbonyl (C=O) groups excluding carboxylic acids is 2. The number of benzene rings is 2. The molecular formula is C23H20BrN3O5. The fourth-order valence-corrected chi connectivity index (χ4v) is 3.34. The molecule has 2 amide bonds. The number of hydrogen-bond donors (Lipinski definition) is 2. The van der Waals surface area contributed by atoms with Gasteiger partial charge in [-0.15, -0.1) is 0 Å². The van der Waals surface area contributed by atoms with Crippen LogP contribution in [0.2, 0.25) is 0 Å². The van der Waals surface area contributed by atoms with Crippen LogP contribution in [0.3, 0.4) is 0 Å². The first-order chi connectivity index (χ1) is 15.5. The van der Waals surface area contributed by atoms with Crippen LogP contribution in [-0.2, 0) is 11.3 Å². The number of ether oxygens (including phenoxy) is 2. The fourth-order valence-electron chi connectivity index (χ4n) is 2.78. The Morgan fingerprint density at radius 3 is 2.72 bits per heavy atom. The maximum Gasteiger partial charge on any atom is 0.291 e. The van der Waals surface area contributed by atoms with Crippen LogP contribution < -0.4 is 20.1 Å². The number of nitrogens with zero attached hydrogens (tertiary/aromatic N) is 1. The molecule has 0 spiro atoms. The molecule has 0 fully saturated rings. The number of rotatable bonds is 9. The van der Waals surface area contributed by atoms with Crippen LogP contribution in [0.5, 0.6) is 11.5 Å². The van der Waals surface area contributed by atoms with E-state index < -0.39 is 0 Å². The molecule has 0 radical (unpaired) electrons. The smallest absolute Gasteiger partial charge is 0.291 e. The van der Waals surface area contributed by atoms with Gasteiger partial charge in [-0.1, -0.05) is 12.1 Å². The van der Waals surface area contributed by atoms with E-state index in [4.69, 9.17) is 19.2 Å². The summed E-state index contributed by atoms with van der Waals surface area (Å²) >= 11 is 3.35. The third-order valence-corrected chi connectivity index (χ3v) is 4.79. The summed E-state index contributed by atoms with van der Waals surface area (Å²) in [6.07, 6.45) is 1.43. The minimum atomic E-state index is -0.359. The van der Waals surface area contributed by atoms with Gasteiger partial charge in [0, 0.05) is 18.3 Å². The Morgan fingerprint density at radius 1 is 1.16 bits per heavy atom. The molecule has 9 heteroatoms. The van der Waals surface area contributed by atoms with Crippen molar-refractivity contribution in [3.63, 3.8) is 0 Å². The highest BCUT2D eigenvalue weighted by Gasteiger charge is 2.14. The summed E-state index contributed by atoms with van der Waals surface area (Å²) in [6, 6.07) is 15.5. The monoisotopic (exact) mass is 497 g/mol. The summed E-state index contributed by atoms with van der Waals surface area (Å²) in [5.41, 5.74) is 1.79. The molecule has 0 saturated carbocycles. The van der Waals surface area contributed by atoms with Gasteiger partial charge in [0.15, 0.2) is 23.9 Å². The standard InChI is InChI=1S/C23H20BrN3O5/c1-2-30-20-11-16(12-25)10-18(24)22(20)32-14-21(28)26-13-15-5-3-6-17(9-15)27-23(29)19-7-4-8-31-19/h3-11H,2,13-14H2,1H3,(H,26,28)(H,27,29). The molecule has 0 aliphatic rings. The summed E-state index contributed by atoms with van der Waals surface area (Å²) in [6.45, 7) is 2.21. The molecule has 8 nitrogen and oxygen atoms in total. The Bertz CT molecular complexity index is 1140. The molecule has 0 unspecified atom stereocenters. The lowest BCUT2D eigenvalue weighted by Gasteiger charge is -2.14. The Kier molecular flexibility index (Phi) is 7.89. The molecule has 1 heterocycles. The van der Waals surface area contributed by atoms with Gasteiger partial charge in [-0.2, -0.15) is 5.26 Å². The summed E-state index contributed by atoms with van der Waals surface area (Å²) in [7, 11) is 0. The second kappa shape index (κ2) is 11.0. The van der Waals surface area contributed by atoms with E-state index in [-0.39, 0.29) is 30.7 Å². The highest BCUT2D eigenvalue weighted by atomic mass is 79.9.